The number of carbonyl (C=O) groups is 1. The maximum atomic E-state index is 12.1. The van der Waals surface area contributed by atoms with Crippen LogP contribution in [0.1, 0.15) is 23.2 Å². The topological polar surface area (TPSA) is 73.1 Å². The van der Waals surface area contributed by atoms with E-state index in [0.717, 1.165) is 17.7 Å². The summed E-state index contributed by atoms with van der Waals surface area (Å²) in [5.41, 5.74) is 0.614. The molecular formula is C14H16N2O2S. The van der Waals surface area contributed by atoms with E-state index in [2.05, 4.69) is 11.4 Å². The number of nitriles is 1. The van der Waals surface area contributed by atoms with E-state index in [0.29, 0.717) is 23.8 Å². The molecule has 0 bridgehead atoms. The van der Waals surface area contributed by atoms with E-state index in [4.69, 9.17) is 5.26 Å². The zero-order chi connectivity index (χ0) is 13.7. The molecule has 100 valence electrons. The van der Waals surface area contributed by atoms with Crippen LogP contribution in [0.5, 0.6) is 0 Å². The highest BCUT2D eigenvalue weighted by Gasteiger charge is 2.27. The highest BCUT2D eigenvalue weighted by atomic mass is 32.2. The number of aliphatic hydroxyl groups excluding tert-OH is 1. The molecule has 2 rings (SSSR count). The van der Waals surface area contributed by atoms with Gasteiger partial charge in [0.25, 0.3) is 5.91 Å². The lowest BCUT2D eigenvalue weighted by atomic mass is 9.82. The van der Waals surface area contributed by atoms with Crippen LogP contribution in [0.3, 0.4) is 0 Å². The van der Waals surface area contributed by atoms with E-state index in [9.17, 15) is 9.90 Å². The molecule has 0 unspecified atom stereocenters. The van der Waals surface area contributed by atoms with Crippen molar-refractivity contribution in [3.8, 4) is 6.07 Å². The van der Waals surface area contributed by atoms with E-state index >= 15 is 0 Å². The van der Waals surface area contributed by atoms with Gasteiger partial charge in [0.15, 0.2) is 0 Å². The zero-order valence-electron chi connectivity index (χ0n) is 10.5. The molecule has 1 amide bonds. The fourth-order valence-electron chi connectivity index (χ4n) is 2.09. The third-order valence-electron chi connectivity index (χ3n) is 3.19. The van der Waals surface area contributed by atoms with Crippen LogP contribution in [-0.4, -0.2) is 29.4 Å². The molecule has 4 nitrogen and oxygen atoms in total. The Morgan fingerprint density at radius 3 is 2.89 bits per heavy atom. The zero-order valence-corrected chi connectivity index (χ0v) is 11.3. The smallest absolute Gasteiger partial charge is 0.252 e. The van der Waals surface area contributed by atoms with Gasteiger partial charge in [0.1, 0.15) is 0 Å². The summed E-state index contributed by atoms with van der Waals surface area (Å²) in [4.78, 5) is 12.9. The van der Waals surface area contributed by atoms with Crippen molar-refractivity contribution >= 4 is 17.7 Å². The van der Waals surface area contributed by atoms with Crippen LogP contribution in [0.4, 0.5) is 0 Å². The summed E-state index contributed by atoms with van der Waals surface area (Å²) in [6.45, 7) is 0.604. The van der Waals surface area contributed by atoms with Crippen LogP contribution in [0.2, 0.25) is 0 Å². The normalized spacial score (nSPS) is 21.3. The van der Waals surface area contributed by atoms with Crippen LogP contribution in [0.15, 0.2) is 29.2 Å². The van der Waals surface area contributed by atoms with Crippen molar-refractivity contribution in [2.24, 2.45) is 5.92 Å². The van der Waals surface area contributed by atoms with Gasteiger partial charge in [-0.3, -0.25) is 4.79 Å². The number of rotatable bonds is 5. The molecule has 1 aliphatic rings. The number of nitrogens with one attached hydrogen (secondary N) is 1. The molecule has 0 atom stereocenters. The second kappa shape index (κ2) is 6.60. The molecule has 1 aromatic rings. The molecular weight excluding hydrogens is 260 g/mol. The van der Waals surface area contributed by atoms with E-state index in [1.165, 1.54) is 11.8 Å². The van der Waals surface area contributed by atoms with Gasteiger partial charge in [0.2, 0.25) is 0 Å². The number of aliphatic hydroxyl groups is 1. The van der Waals surface area contributed by atoms with Gasteiger partial charge >= 0.3 is 0 Å². The molecule has 1 fully saturated rings. The Balaban J connectivity index is 1.92. The van der Waals surface area contributed by atoms with Crippen molar-refractivity contribution in [2.75, 3.05) is 12.3 Å². The first-order valence-corrected chi connectivity index (χ1v) is 7.24. The van der Waals surface area contributed by atoms with Crippen LogP contribution >= 0.6 is 11.8 Å². The summed E-state index contributed by atoms with van der Waals surface area (Å²) < 4.78 is 0. The van der Waals surface area contributed by atoms with Crippen molar-refractivity contribution < 1.29 is 9.90 Å². The lowest BCUT2D eigenvalue weighted by Crippen LogP contribution is -2.38. The Labute approximate surface area is 116 Å². The summed E-state index contributed by atoms with van der Waals surface area (Å²) in [5.74, 6) is 0.611. The first-order valence-electron chi connectivity index (χ1n) is 6.25. The monoisotopic (exact) mass is 276 g/mol. The quantitative estimate of drug-likeness (QED) is 0.804. The van der Waals surface area contributed by atoms with Crippen LogP contribution < -0.4 is 5.32 Å². The maximum Gasteiger partial charge on any atom is 0.252 e. The van der Waals surface area contributed by atoms with Crippen LogP contribution in [-0.2, 0) is 0 Å². The Bertz CT molecular complexity index is 492. The Morgan fingerprint density at radius 1 is 1.47 bits per heavy atom. The Kier molecular flexibility index (Phi) is 4.83. The number of amides is 1. The fraction of sp³-hybridized carbons (Fsp3) is 0.429. The van der Waals surface area contributed by atoms with Crippen molar-refractivity contribution in [1.82, 2.24) is 5.32 Å². The van der Waals surface area contributed by atoms with E-state index in [-0.39, 0.29) is 12.0 Å². The first-order chi connectivity index (χ1) is 9.20. The van der Waals surface area contributed by atoms with Gasteiger partial charge in [-0.15, -0.1) is 11.8 Å². The fourth-order valence-corrected chi connectivity index (χ4v) is 2.80. The summed E-state index contributed by atoms with van der Waals surface area (Å²) in [6, 6.07) is 9.36. The molecule has 1 saturated carbocycles. The third kappa shape index (κ3) is 3.72. The number of benzene rings is 1. The van der Waals surface area contributed by atoms with Gasteiger partial charge in [-0.25, -0.2) is 0 Å². The number of hydrogen-bond acceptors (Lipinski definition) is 4. The third-order valence-corrected chi connectivity index (χ3v) is 4.13. The standard InChI is InChI=1S/C14H16N2O2S/c15-5-6-19-13-4-2-1-3-12(13)14(18)16-9-10-7-11(17)8-10/h1-4,10-11,17H,6-9H2,(H,16,18). The van der Waals surface area contributed by atoms with Gasteiger partial charge in [-0.1, -0.05) is 12.1 Å². The second-order valence-corrected chi connectivity index (χ2v) is 5.66. The van der Waals surface area contributed by atoms with Gasteiger partial charge < -0.3 is 10.4 Å². The molecule has 2 N–H and O–H groups in total. The molecule has 1 aromatic carbocycles. The average Bonchev–Trinajstić information content (AvgIpc) is 2.40. The summed E-state index contributed by atoms with van der Waals surface area (Å²) in [7, 11) is 0. The molecule has 0 spiro atoms. The Hall–Kier alpha value is -1.51. The van der Waals surface area contributed by atoms with E-state index < -0.39 is 0 Å². The van der Waals surface area contributed by atoms with Crippen molar-refractivity contribution in [3.05, 3.63) is 29.8 Å². The first kappa shape index (κ1) is 13.9. The number of nitrogens with zero attached hydrogens (tertiary/aromatic N) is 1. The van der Waals surface area contributed by atoms with Crippen molar-refractivity contribution in [2.45, 2.75) is 23.8 Å². The second-order valence-electron chi connectivity index (χ2n) is 4.64. The molecule has 0 aliphatic heterocycles. The predicted octanol–water partition coefficient (Wildman–Crippen LogP) is 1.80. The summed E-state index contributed by atoms with van der Waals surface area (Å²) >= 11 is 1.37. The average molecular weight is 276 g/mol. The van der Waals surface area contributed by atoms with Crippen LogP contribution in [0, 0.1) is 17.2 Å². The van der Waals surface area contributed by atoms with E-state index in [1.54, 1.807) is 6.07 Å². The lowest BCUT2D eigenvalue weighted by Gasteiger charge is -2.31. The predicted molar refractivity (Wildman–Crippen MR) is 73.8 cm³/mol. The highest BCUT2D eigenvalue weighted by molar-refractivity contribution is 7.99. The summed E-state index contributed by atoms with van der Waals surface area (Å²) in [6.07, 6.45) is 1.34. The minimum Gasteiger partial charge on any atom is -0.393 e. The lowest BCUT2D eigenvalue weighted by molar-refractivity contribution is 0.0420. The molecule has 0 heterocycles. The van der Waals surface area contributed by atoms with Gasteiger partial charge in [-0.05, 0) is 30.9 Å². The van der Waals surface area contributed by atoms with E-state index in [1.807, 2.05) is 18.2 Å². The molecule has 19 heavy (non-hydrogen) atoms. The molecule has 0 saturated heterocycles. The summed E-state index contributed by atoms with van der Waals surface area (Å²) in [5, 5.41) is 20.7. The maximum absolute atomic E-state index is 12.1. The van der Waals surface area contributed by atoms with Gasteiger partial charge in [0.05, 0.1) is 23.5 Å². The molecule has 1 aliphatic carbocycles. The minimum absolute atomic E-state index is 0.109. The molecule has 5 heteroatoms. The van der Waals surface area contributed by atoms with Gasteiger partial charge in [-0.2, -0.15) is 5.26 Å². The number of carbonyl (C=O) groups excluding carboxylic acids is 1. The van der Waals surface area contributed by atoms with Crippen molar-refractivity contribution in [3.63, 3.8) is 0 Å². The largest absolute Gasteiger partial charge is 0.393 e. The van der Waals surface area contributed by atoms with Crippen LogP contribution in [0.25, 0.3) is 0 Å². The van der Waals surface area contributed by atoms with Crippen molar-refractivity contribution in [1.29, 1.82) is 5.26 Å². The minimum atomic E-state index is -0.194. The molecule has 0 radical (unpaired) electrons. The molecule has 0 aromatic heterocycles. The number of hydrogen-bond donors (Lipinski definition) is 2. The highest BCUT2D eigenvalue weighted by Crippen LogP contribution is 2.26. The number of thioether (sulfide) groups is 1. The van der Waals surface area contributed by atoms with Gasteiger partial charge in [0, 0.05) is 11.4 Å². The Morgan fingerprint density at radius 2 is 2.21 bits per heavy atom. The SMILES string of the molecule is N#CCSc1ccccc1C(=O)NCC1CC(O)C1.